The number of aryl methyl sites for hydroxylation is 1. The number of benzene rings is 1. The van der Waals surface area contributed by atoms with E-state index < -0.39 is 0 Å². The van der Waals surface area contributed by atoms with Gasteiger partial charge in [-0.1, -0.05) is 0 Å². The minimum absolute atomic E-state index is 0. The predicted molar refractivity (Wildman–Crippen MR) is 98.8 cm³/mol. The Balaban J connectivity index is 0.00000288. The summed E-state index contributed by atoms with van der Waals surface area (Å²) in [4.78, 5) is 0. The molecule has 0 aliphatic carbocycles. The van der Waals surface area contributed by atoms with E-state index in [-0.39, 0.29) is 12.4 Å². The molecule has 0 bridgehead atoms. The molecule has 0 fully saturated rings. The second kappa shape index (κ2) is 12.0. The van der Waals surface area contributed by atoms with Gasteiger partial charge in [0.1, 0.15) is 0 Å². The van der Waals surface area contributed by atoms with E-state index in [0.717, 1.165) is 10.2 Å². The first-order chi connectivity index (χ1) is 11.2. The Morgan fingerprint density at radius 2 is 1.71 bits per heavy atom. The van der Waals surface area contributed by atoms with Gasteiger partial charge < -0.3 is 12.4 Å². The fourth-order valence-corrected chi connectivity index (χ4v) is 4.25. The summed E-state index contributed by atoms with van der Waals surface area (Å²) in [5.41, 5.74) is 4.28. The van der Waals surface area contributed by atoms with Crippen molar-refractivity contribution in [3.8, 4) is 0 Å². The van der Waals surface area contributed by atoms with Crippen molar-refractivity contribution in [1.29, 1.82) is 0 Å². The number of hydrogen-bond donors (Lipinski definition) is 0. The summed E-state index contributed by atoms with van der Waals surface area (Å²) in [6.45, 7) is 5.49. The van der Waals surface area contributed by atoms with E-state index in [2.05, 4.69) is 67.1 Å². The minimum Gasteiger partial charge on any atom is -1.00 e. The maximum atomic E-state index is 2.41. The van der Waals surface area contributed by atoms with Crippen LogP contribution >= 0.6 is 0 Å². The molecule has 0 spiro atoms. The van der Waals surface area contributed by atoms with Gasteiger partial charge in [0.2, 0.25) is 0 Å². The standard InChI is InChI=1S/C21H29N.ClH.In/c1-3-4-5-6-7-9-12-20-15-16-22(19(2)17-20)18-21-13-10-8-11-14-21;;/h8,10-17H,3-7,9,18H2,1-2H3;1H;/q+1;;/p-1. The van der Waals surface area contributed by atoms with Crippen LogP contribution in [0.4, 0.5) is 0 Å². The molecular formula is C21H29ClInN. The number of halogens is 1. The summed E-state index contributed by atoms with van der Waals surface area (Å²) in [7, 11) is 0. The Labute approximate surface area is 168 Å². The molecule has 2 aromatic rings. The van der Waals surface area contributed by atoms with Crippen LogP contribution in [-0.4, -0.2) is 24.4 Å². The quantitative estimate of drug-likeness (QED) is 0.410. The summed E-state index contributed by atoms with van der Waals surface area (Å²) in [6.07, 6.45) is 10.6. The molecule has 0 saturated heterocycles. The molecule has 24 heavy (non-hydrogen) atoms. The maximum Gasteiger partial charge on any atom is -1.00 e. The van der Waals surface area contributed by atoms with Gasteiger partial charge in [-0.15, -0.1) is 0 Å². The smallest absolute Gasteiger partial charge is 1.00 e. The van der Waals surface area contributed by atoms with Crippen LogP contribution in [0.25, 0.3) is 0 Å². The van der Waals surface area contributed by atoms with Crippen LogP contribution in [0.1, 0.15) is 65.9 Å². The van der Waals surface area contributed by atoms with E-state index in [4.69, 9.17) is 0 Å². The Hall–Kier alpha value is -0.470. The molecule has 2 rings (SSSR count). The van der Waals surface area contributed by atoms with Crippen molar-refractivity contribution in [2.45, 2.75) is 62.6 Å². The van der Waals surface area contributed by atoms with Crippen LogP contribution in [0.3, 0.4) is 0 Å². The third-order valence-electron chi connectivity index (χ3n) is 4.52. The molecule has 1 unspecified atom stereocenters. The average Bonchev–Trinajstić information content (AvgIpc) is 2.57. The van der Waals surface area contributed by atoms with Crippen LogP contribution in [0, 0.1) is 6.92 Å². The number of pyridine rings is 1. The minimum atomic E-state index is 0. The van der Waals surface area contributed by atoms with E-state index in [0.29, 0.717) is 0 Å². The molecule has 1 heterocycles. The summed E-state index contributed by atoms with van der Waals surface area (Å²) in [6, 6.07) is 15.5. The van der Waals surface area contributed by atoms with Crippen molar-refractivity contribution >= 4 is 24.4 Å². The van der Waals surface area contributed by atoms with Crippen molar-refractivity contribution in [1.82, 2.24) is 0 Å². The molecule has 1 aromatic heterocycles. The Morgan fingerprint density at radius 1 is 1.00 bits per heavy atom. The van der Waals surface area contributed by atoms with Gasteiger partial charge in [-0.05, 0) is 0 Å². The van der Waals surface area contributed by atoms with E-state index in [1.165, 1.54) is 74.2 Å². The van der Waals surface area contributed by atoms with Crippen LogP contribution in [0.15, 0.2) is 48.7 Å². The predicted octanol–water partition coefficient (Wildman–Crippen LogP) is 1.90. The normalized spacial score (nSPS) is 11.8. The SMILES string of the molecule is CCCCCCC[CH]([In])c1cc[n+](Cc2ccccc2)c(C)c1.[Cl-]. The molecule has 1 atom stereocenters. The van der Waals surface area contributed by atoms with E-state index in [9.17, 15) is 0 Å². The number of hydrogen-bond acceptors (Lipinski definition) is 0. The molecule has 3 heteroatoms. The summed E-state index contributed by atoms with van der Waals surface area (Å²) >= 11 is 1.33. The molecule has 128 valence electrons. The molecule has 0 N–H and O–H groups in total. The second-order valence-corrected chi connectivity index (χ2v) is 8.82. The average molecular weight is 446 g/mol. The third kappa shape index (κ3) is 7.19. The zero-order valence-electron chi connectivity index (χ0n) is 15.0. The van der Waals surface area contributed by atoms with Gasteiger partial charge in [-0.25, -0.2) is 0 Å². The monoisotopic (exact) mass is 445 g/mol. The topological polar surface area (TPSA) is 3.88 Å². The summed E-state index contributed by atoms with van der Waals surface area (Å²) in [5.74, 6) is 0. The molecule has 1 aromatic carbocycles. The van der Waals surface area contributed by atoms with Gasteiger partial charge >= 0.3 is 157 Å². The molecule has 0 amide bonds. The zero-order chi connectivity index (χ0) is 16.5. The van der Waals surface area contributed by atoms with E-state index in [1.807, 2.05) is 0 Å². The zero-order valence-corrected chi connectivity index (χ0v) is 19.1. The number of nitrogens with zero attached hydrogens (tertiary/aromatic N) is 1. The molecule has 0 saturated carbocycles. The molecule has 0 aliphatic rings. The van der Waals surface area contributed by atoms with Crippen LogP contribution in [0.2, 0.25) is 0 Å². The van der Waals surface area contributed by atoms with Crippen molar-refractivity contribution < 1.29 is 17.0 Å². The van der Waals surface area contributed by atoms with Crippen molar-refractivity contribution in [3.05, 3.63) is 65.5 Å². The number of rotatable bonds is 9. The number of aromatic nitrogens is 1. The Bertz CT molecular complexity index is 586. The molecular weight excluding hydrogens is 417 g/mol. The van der Waals surface area contributed by atoms with Crippen LogP contribution < -0.4 is 17.0 Å². The molecule has 0 aliphatic heterocycles. The second-order valence-electron chi connectivity index (χ2n) is 6.52. The Kier molecular flexibility index (Phi) is 10.8. The van der Waals surface area contributed by atoms with Gasteiger partial charge in [0.25, 0.3) is 0 Å². The van der Waals surface area contributed by atoms with Crippen molar-refractivity contribution in [2.24, 2.45) is 0 Å². The first-order valence-corrected chi connectivity index (χ1v) is 10.9. The Morgan fingerprint density at radius 3 is 2.38 bits per heavy atom. The van der Waals surface area contributed by atoms with Gasteiger partial charge in [-0.3, -0.25) is 0 Å². The van der Waals surface area contributed by atoms with Crippen molar-refractivity contribution in [3.63, 3.8) is 0 Å². The van der Waals surface area contributed by atoms with Crippen LogP contribution in [-0.2, 0) is 6.54 Å². The maximum absolute atomic E-state index is 2.41. The van der Waals surface area contributed by atoms with E-state index in [1.54, 1.807) is 5.56 Å². The fraction of sp³-hybridized carbons (Fsp3) is 0.476. The molecule has 1 nitrogen and oxygen atoms in total. The van der Waals surface area contributed by atoms with Gasteiger partial charge in [0, 0.05) is 0 Å². The van der Waals surface area contributed by atoms with Gasteiger partial charge in [0.15, 0.2) is 0 Å². The van der Waals surface area contributed by atoms with Gasteiger partial charge in [-0.2, -0.15) is 0 Å². The summed E-state index contributed by atoms with van der Waals surface area (Å²) < 4.78 is 3.15. The first-order valence-electron chi connectivity index (χ1n) is 9.00. The van der Waals surface area contributed by atoms with E-state index >= 15 is 0 Å². The first kappa shape index (κ1) is 21.6. The fourth-order valence-electron chi connectivity index (χ4n) is 2.99. The van der Waals surface area contributed by atoms with Crippen molar-refractivity contribution in [2.75, 3.05) is 0 Å². The number of unbranched alkanes of at least 4 members (excludes halogenated alkanes) is 4. The third-order valence-corrected chi connectivity index (χ3v) is 6.57. The van der Waals surface area contributed by atoms with Gasteiger partial charge in [0.05, 0.1) is 0 Å². The summed E-state index contributed by atoms with van der Waals surface area (Å²) in [5, 5.41) is 0. The van der Waals surface area contributed by atoms with Crippen LogP contribution in [0.5, 0.6) is 0 Å². The largest absolute Gasteiger partial charge is 1.00 e. The molecule has 2 radical (unpaired) electrons.